The molecule has 1 unspecified atom stereocenters. The summed E-state index contributed by atoms with van der Waals surface area (Å²) in [5.74, 6) is 0. The Bertz CT molecular complexity index is 500. The third-order valence-corrected chi connectivity index (χ3v) is 3.68. The molecule has 1 saturated heterocycles. The summed E-state index contributed by atoms with van der Waals surface area (Å²) >= 11 is 0. The van der Waals surface area contributed by atoms with Gasteiger partial charge in [0.05, 0.1) is 16.8 Å². The van der Waals surface area contributed by atoms with E-state index in [0.29, 0.717) is 16.8 Å². The fraction of sp³-hybridized carbons (Fsp3) is 0.500. The average Bonchev–Trinajstić information content (AvgIpc) is 2.48. The van der Waals surface area contributed by atoms with Gasteiger partial charge in [-0.3, -0.25) is 0 Å². The Morgan fingerprint density at radius 1 is 1.15 bits per heavy atom. The third-order valence-electron chi connectivity index (χ3n) is 3.68. The Morgan fingerprint density at radius 2 is 1.75 bits per heavy atom. The van der Waals surface area contributed by atoms with Crippen LogP contribution in [0.15, 0.2) is 18.2 Å². The van der Waals surface area contributed by atoms with Gasteiger partial charge in [0.2, 0.25) is 0 Å². The lowest BCUT2D eigenvalue weighted by molar-refractivity contribution is 0.223. The summed E-state index contributed by atoms with van der Waals surface area (Å²) in [6.45, 7) is 5.35. The normalized spacial score (nSPS) is 16.9. The minimum absolute atomic E-state index is 0.217. The lowest BCUT2D eigenvalue weighted by Crippen LogP contribution is -2.38. The van der Waals surface area contributed by atoms with Crippen molar-refractivity contribution in [3.63, 3.8) is 0 Å². The molecule has 4 nitrogen and oxygen atoms in total. The van der Waals surface area contributed by atoms with Crippen molar-refractivity contribution in [2.24, 2.45) is 0 Å². The molecule has 1 fully saturated rings. The van der Waals surface area contributed by atoms with Crippen LogP contribution in [0.3, 0.4) is 0 Å². The van der Waals surface area contributed by atoms with Crippen LogP contribution in [-0.4, -0.2) is 30.6 Å². The fourth-order valence-electron chi connectivity index (χ4n) is 2.72. The second kappa shape index (κ2) is 6.93. The molecule has 0 amide bonds. The summed E-state index contributed by atoms with van der Waals surface area (Å²) in [5, 5.41) is 21.7. The zero-order chi connectivity index (χ0) is 14.4. The summed E-state index contributed by atoms with van der Waals surface area (Å²) in [4.78, 5) is 2.45. The molecule has 0 bridgehead atoms. The van der Waals surface area contributed by atoms with Crippen molar-refractivity contribution in [2.75, 3.05) is 25.0 Å². The van der Waals surface area contributed by atoms with Gasteiger partial charge in [0, 0.05) is 12.6 Å². The van der Waals surface area contributed by atoms with E-state index < -0.39 is 0 Å². The van der Waals surface area contributed by atoms with Crippen LogP contribution in [0.4, 0.5) is 5.69 Å². The number of nitrogens with one attached hydrogen (secondary N) is 1. The average molecular weight is 268 g/mol. The van der Waals surface area contributed by atoms with Gasteiger partial charge in [0.15, 0.2) is 0 Å². The number of likely N-dealkylation sites (tertiary alicyclic amines) is 1. The van der Waals surface area contributed by atoms with Gasteiger partial charge in [0.25, 0.3) is 0 Å². The molecule has 1 aromatic carbocycles. The molecule has 0 saturated carbocycles. The first-order valence-electron chi connectivity index (χ1n) is 7.16. The predicted octanol–water partition coefficient (Wildman–Crippen LogP) is 2.72. The van der Waals surface area contributed by atoms with Crippen molar-refractivity contribution < 1.29 is 0 Å². The molecule has 1 atom stereocenters. The first-order chi connectivity index (χ1) is 9.74. The largest absolute Gasteiger partial charge is 0.379 e. The maximum Gasteiger partial charge on any atom is 0.101 e. The van der Waals surface area contributed by atoms with E-state index in [1.807, 2.05) is 0 Å². The van der Waals surface area contributed by atoms with E-state index in [9.17, 15) is 0 Å². The summed E-state index contributed by atoms with van der Waals surface area (Å²) in [6, 6.07) is 9.76. The molecule has 0 aliphatic carbocycles. The van der Waals surface area contributed by atoms with Crippen molar-refractivity contribution in [1.29, 1.82) is 10.5 Å². The van der Waals surface area contributed by atoms with Gasteiger partial charge in [-0.05, 0) is 45.0 Å². The summed E-state index contributed by atoms with van der Waals surface area (Å²) in [5.41, 5.74) is 1.74. The third kappa shape index (κ3) is 3.50. The maximum absolute atomic E-state index is 9.16. The standard InChI is InChI=1S/C16H20N4/c1-13(12-20-8-3-2-4-9-20)19-16-14(10-17)6-5-7-15(16)11-18/h5-7,13,19H,2-4,8-9,12H2,1H3. The van der Waals surface area contributed by atoms with Crippen LogP contribution in [0.1, 0.15) is 37.3 Å². The van der Waals surface area contributed by atoms with Crippen molar-refractivity contribution in [2.45, 2.75) is 32.2 Å². The Labute approximate surface area is 120 Å². The smallest absolute Gasteiger partial charge is 0.101 e. The molecule has 0 spiro atoms. The van der Waals surface area contributed by atoms with Gasteiger partial charge < -0.3 is 10.2 Å². The van der Waals surface area contributed by atoms with Gasteiger partial charge in [0.1, 0.15) is 12.1 Å². The van der Waals surface area contributed by atoms with Gasteiger partial charge in [-0.15, -0.1) is 0 Å². The number of nitriles is 2. The number of benzene rings is 1. The molecular formula is C16H20N4. The molecule has 2 rings (SSSR count). The molecule has 1 N–H and O–H groups in total. The van der Waals surface area contributed by atoms with Gasteiger partial charge in [-0.2, -0.15) is 10.5 Å². The quantitative estimate of drug-likeness (QED) is 0.912. The maximum atomic E-state index is 9.16. The van der Waals surface area contributed by atoms with E-state index in [1.54, 1.807) is 18.2 Å². The van der Waals surface area contributed by atoms with Crippen LogP contribution in [0.2, 0.25) is 0 Å². The van der Waals surface area contributed by atoms with Crippen molar-refractivity contribution in [1.82, 2.24) is 4.90 Å². The number of nitrogens with zero attached hydrogens (tertiary/aromatic N) is 3. The lowest BCUT2D eigenvalue weighted by atomic mass is 10.1. The monoisotopic (exact) mass is 268 g/mol. The summed E-state index contributed by atoms with van der Waals surface area (Å²) < 4.78 is 0. The fourth-order valence-corrected chi connectivity index (χ4v) is 2.72. The Kier molecular flexibility index (Phi) is 4.98. The van der Waals surface area contributed by atoms with Crippen LogP contribution >= 0.6 is 0 Å². The number of para-hydroxylation sites is 1. The predicted molar refractivity (Wildman–Crippen MR) is 79.2 cm³/mol. The van der Waals surface area contributed by atoms with Crippen LogP contribution in [0.5, 0.6) is 0 Å². The highest BCUT2D eigenvalue weighted by molar-refractivity contribution is 5.66. The van der Waals surface area contributed by atoms with E-state index in [-0.39, 0.29) is 6.04 Å². The number of hydrogen-bond donors (Lipinski definition) is 1. The Morgan fingerprint density at radius 3 is 2.30 bits per heavy atom. The topological polar surface area (TPSA) is 62.9 Å². The second-order valence-corrected chi connectivity index (χ2v) is 5.36. The van der Waals surface area contributed by atoms with E-state index in [0.717, 1.165) is 19.6 Å². The minimum atomic E-state index is 0.217. The number of piperidine rings is 1. The van der Waals surface area contributed by atoms with Crippen LogP contribution in [-0.2, 0) is 0 Å². The van der Waals surface area contributed by atoms with E-state index >= 15 is 0 Å². The highest BCUT2D eigenvalue weighted by atomic mass is 15.1. The molecule has 20 heavy (non-hydrogen) atoms. The molecule has 4 heteroatoms. The Balaban J connectivity index is 2.05. The molecule has 1 heterocycles. The molecule has 0 radical (unpaired) electrons. The van der Waals surface area contributed by atoms with Crippen LogP contribution in [0.25, 0.3) is 0 Å². The molecule has 104 valence electrons. The number of rotatable bonds is 4. The van der Waals surface area contributed by atoms with Crippen molar-refractivity contribution in [3.8, 4) is 12.1 Å². The number of anilines is 1. The highest BCUT2D eigenvalue weighted by Crippen LogP contribution is 2.21. The SMILES string of the molecule is CC(CN1CCCCC1)Nc1c(C#N)cccc1C#N. The van der Waals surface area contributed by atoms with Crippen LogP contribution < -0.4 is 5.32 Å². The highest BCUT2D eigenvalue weighted by Gasteiger charge is 2.15. The van der Waals surface area contributed by atoms with Gasteiger partial charge in [-0.25, -0.2) is 0 Å². The molecule has 0 aromatic heterocycles. The van der Waals surface area contributed by atoms with E-state index in [4.69, 9.17) is 10.5 Å². The molecule has 1 aromatic rings. The van der Waals surface area contributed by atoms with Gasteiger partial charge >= 0.3 is 0 Å². The zero-order valence-corrected chi connectivity index (χ0v) is 11.9. The minimum Gasteiger partial charge on any atom is -0.379 e. The van der Waals surface area contributed by atoms with Crippen molar-refractivity contribution >= 4 is 5.69 Å². The first-order valence-corrected chi connectivity index (χ1v) is 7.16. The number of hydrogen-bond acceptors (Lipinski definition) is 4. The lowest BCUT2D eigenvalue weighted by Gasteiger charge is -2.30. The Hall–Kier alpha value is -2.04. The molecule has 1 aliphatic rings. The van der Waals surface area contributed by atoms with Crippen LogP contribution in [0, 0.1) is 22.7 Å². The molecule has 1 aliphatic heterocycles. The molecular weight excluding hydrogens is 248 g/mol. The summed E-state index contributed by atoms with van der Waals surface area (Å²) in [7, 11) is 0. The van der Waals surface area contributed by atoms with Crippen molar-refractivity contribution in [3.05, 3.63) is 29.3 Å². The zero-order valence-electron chi connectivity index (χ0n) is 11.9. The van der Waals surface area contributed by atoms with E-state index in [1.165, 1.54) is 19.3 Å². The van der Waals surface area contributed by atoms with E-state index in [2.05, 4.69) is 29.3 Å². The summed E-state index contributed by atoms with van der Waals surface area (Å²) in [6.07, 6.45) is 3.87. The first kappa shape index (κ1) is 14.4. The van der Waals surface area contributed by atoms with Gasteiger partial charge in [-0.1, -0.05) is 12.5 Å². The second-order valence-electron chi connectivity index (χ2n) is 5.36.